The second kappa shape index (κ2) is 10.2. The smallest absolute Gasteiger partial charge is 0.238 e. The Bertz CT molecular complexity index is 880. The van der Waals surface area contributed by atoms with Crippen LogP contribution in [0.2, 0.25) is 0 Å². The van der Waals surface area contributed by atoms with Crippen LogP contribution in [0, 0.1) is 0 Å². The maximum atomic E-state index is 11.5. The predicted octanol–water partition coefficient (Wildman–Crippen LogP) is 0.833. The number of primary sulfonamides is 1. The van der Waals surface area contributed by atoms with Crippen LogP contribution in [0.4, 0.5) is 0 Å². The molecule has 1 aromatic heterocycles. The normalized spacial score (nSPS) is 15.9. The number of nitrogens with zero attached hydrogens (tertiary/aromatic N) is 4. The fourth-order valence-corrected chi connectivity index (χ4v) is 3.60. The van der Waals surface area contributed by atoms with Gasteiger partial charge in [0.1, 0.15) is 6.26 Å². The molecule has 0 atom stereocenters. The number of nitrogens with one attached hydrogen (secondary N) is 1. The van der Waals surface area contributed by atoms with Gasteiger partial charge in [0, 0.05) is 52.4 Å². The highest BCUT2D eigenvalue weighted by Gasteiger charge is 2.20. The molecule has 0 bridgehead atoms. The molecule has 0 unspecified atom stereocenters. The van der Waals surface area contributed by atoms with Crippen molar-refractivity contribution < 1.29 is 12.9 Å². The highest BCUT2D eigenvalue weighted by atomic mass is 127. The predicted molar refractivity (Wildman–Crippen MR) is 117 cm³/mol. The first kappa shape index (κ1) is 22.6. The Morgan fingerprint density at radius 2 is 2.04 bits per heavy atom. The molecule has 1 aromatic carbocycles. The third kappa shape index (κ3) is 6.15. The number of nitrogens with two attached hydrogens (primary N) is 1. The first-order valence-electron chi connectivity index (χ1n) is 8.64. The van der Waals surface area contributed by atoms with E-state index in [4.69, 9.17) is 9.66 Å². The van der Waals surface area contributed by atoms with Crippen molar-refractivity contribution in [2.24, 2.45) is 10.1 Å². The summed E-state index contributed by atoms with van der Waals surface area (Å²) in [5, 5.41) is 12.4. The van der Waals surface area contributed by atoms with Crippen molar-refractivity contribution in [3.63, 3.8) is 0 Å². The molecule has 2 heterocycles. The minimum atomic E-state index is -3.70. The number of aliphatic imine (C=N–C) groups is 1. The van der Waals surface area contributed by atoms with E-state index in [9.17, 15) is 8.42 Å². The Kier molecular flexibility index (Phi) is 8.22. The summed E-state index contributed by atoms with van der Waals surface area (Å²) in [6, 6.07) is 8.47. The largest absolute Gasteiger partial charge is 0.364 e. The standard InChI is InChI=1S/C17H24N6O3S.HI/c1-19-17(20-12-14-3-2-4-16(11-14)27(18,24)25)23-8-6-22(7-9-23)13-15-5-10-26-21-15;/h2-5,10-11H,6-9,12-13H2,1H3,(H,19,20)(H2,18,24,25);1H. The summed E-state index contributed by atoms with van der Waals surface area (Å²) in [5.41, 5.74) is 1.76. The van der Waals surface area contributed by atoms with E-state index in [1.54, 1.807) is 25.4 Å². The van der Waals surface area contributed by atoms with E-state index >= 15 is 0 Å². The molecule has 11 heteroatoms. The highest BCUT2D eigenvalue weighted by molar-refractivity contribution is 14.0. The highest BCUT2D eigenvalue weighted by Crippen LogP contribution is 2.11. The fourth-order valence-electron chi connectivity index (χ4n) is 3.01. The maximum Gasteiger partial charge on any atom is 0.238 e. The van der Waals surface area contributed by atoms with E-state index in [-0.39, 0.29) is 28.9 Å². The lowest BCUT2D eigenvalue weighted by Crippen LogP contribution is -2.52. The van der Waals surface area contributed by atoms with Gasteiger partial charge in [0.25, 0.3) is 0 Å². The minimum Gasteiger partial charge on any atom is -0.364 e. The number of sulfonamides is 1. The third-order valence-corrected chi connectivity index (χ3v) is 5.35. The van der Waals surface area contributed by atoms with Gasteiger partial charge in [-0.2, -0.15) is 0 Å². The molecule has 0 saturated carbocycles. The maximum absolute atomic E-state index is 11.5. The molecule has 9 nitrogen and oxygen atoms in total. The van der Waals surface area contributed by atoms with Crippen molar-refractivity contribution in [1.29, 1.82) is 0 Å². The number of guanidine groups is 1. The molecule has 2 aromatic rings. The van der Waals surface area contributed by atoms with Crippen LogP contribution in [0.1, 0.15) is 11.3 Å². The summed E-state index contributed by atoms with van der Waals surface area (Å²) in [6.45, 7) is 4.72. The average Bonchev–Trinajstić information content (AvgIpc) is 3.16. The van der Waals surface area contributed by atoms with Gasteiger partial charge in [-0.1, -0.05) is 17.3 Å². The van der Waals surface area contributed by atoms with Crippen molar-refractivity contribution in [1.82, 2.24) is 20.3 Å². The summed E-state index contributed by atoms with van der Waals surface area (Å²) in [4.78, 5) is 8.95. The van der Waals surface area contributed by atoms with Gasteiger partial charge in [-0.3, -0.25) is 9.89 Å². The van der Waals surface area contributed by atoms with Crippen LogP contribution < -0.4 is 10.5 Å². The Labute approximate surface area is 182 Å². The van der Waals surface area contributed by atoms with E-state index in [1.807, 2.05) is 12.1 Å². The zero-order valence-electron chi connectivity index (χ0n) is 15.6. The molecule has 0 amide bonds. The molecular formula is C17H25IN6O3S. The van der Waals surface area contributed by atoms with E-state index in [1.165, 1.54) is 6.07 Å². The molecule has 3 rings (SSSR count). The summed E-state index contributed by atoms with van der Waals surface area (Å²) < 4.78 is 27.8. The third-order valence-electron chi connectivity index (χ3n) is 4.44. The van der Waals surface area contributed by atoms with E-state index in [2.05, 4.69) is 25.3 Å². The number of halogens is 1. The molecule has 1 aliphatic rings. The molecule has 0 radical (unpaired) electrons. The number of aromatic nitrogens is 1. The molecule has 1 aliphatic heterocycles. The topological polar surface area (TPSA) is 117 Å². The van der Waals surface area contributed by atoms with Crippen molar-refractivity contribution in [3.8, 4) is 0 Å². The van der Waals surface area contributed by atoms with Gasteiger partial charge in [-0.25, -0.2) is 13.6 Å². The minimum absolute atomic E-state index is 0. The van der Waals surface area contributed by atoms with Crippen LogP contribution in [-0.2, 0) is 23.1 Å². The SMILES string of the molecule is CN=C(NCc1cccc(S(N)(=O)=O)c1)N1CCN(Cc2ccon2)CC1.I. The first-order valence-corrected chi connectivity index (χ1v) is 10.2. The van der Waals surface area contributed by atoms with E-state index in [0.29, 0.717) is 6.54 Å². The molecule has 0 aliphatic carbocycles. The van der Waals surface area contributed by atoms with Crippen LogP contribution in [0.5, 0.6) is 0 Å². The van der Waals surface area contributed by atoms with Gasteiger partial charge in [-0.15, -0.1) is 24.0 Å². The van der Waals surface area contributed by atoms with Crippen molar-refractivity contribution in [2.45, 2.75) is 18.0 Å². The first-order chi connectivity index (χ1) is 13.0. The number of rotatable bonds is 5. The van der Waals surface area contributed by atoms with Crippen molar-refractivity contribution in [2.75, 3.05) is 33.2 Å². The zero-order valence-corrected chi connectivity index (χ0v) is 18.8. The summed E-state index contributed by atoms with van der Waals surface area (Å²) >= 11 is 0. The molecule has 3 N–H and O–H groups in total. The molecule has 1 fully saturated rings. The monoisotopic (exact) mass is 520 g/mol. The zero-order chi connectivity index (χ0) is 19.3. The van der Waals surface area contributed by atoms with E-state index in [0.717, 1.165) is 49.9 Å². The Hall–Kier alpha value is -1.70. The summed E-state index contributed by atoms with van der Waals surface area (Å²) in [5.74, 6) is 0.789. The fraction of sp³-hybridized carbons (Fsp3) is 0.412. The van der Waals surface area contributed by atoms with E-state index < -0.39 is 10.0 Å². The lowest BCUT2D eigenvalue weighted by Gasteiger charge is -2.36. The summed E-state index contributed by atoms with van der Waals surface area (Å²) in [6.07, 6.45) is 1.59. The van der Waals surface area contributed by atoms with Gasteiger partial charge in [0.05, 0.1) is 10.6 Å². The second-order valence-electron chi connectivity index (χ2n) is 6.35. The van der Waals surface area contributed by atoms with Crippen LogP contribution in [0.3, 0.4) is 0 Å². The quantitative estimate of drug-likeness (QED) is 0.341. The lowest BCUT2D eigenvalue weighted by atomic mass is 10.2. The van der Waals surface area contributed by atoms with Gasteiger partial charge in [-0.05, 0) is 17.7 Å². The van der Waals surface area contributed by atoms with Gasteiger partial charge in [0.15, 0.2) is 5.96 Å². The van der Waals surface area contributed by atoms with Crippen LogP contribution in [0.15, 0.2) is 51.0 Å². The Balaban J connectivity index is 0.00000280. The van der Waals surface area contributed by atoms with Crippen LogP contribution in [0.25, 0.3) is 0 Å². The number of hydrogen-bond donors (Lipinski definition) is 2. The number of benzene rings is 1. The van der Waals surface area contributed by atoms with Crippen molar-refractivity contribution >= 4 is 40.0 Å². The van der Waals surface area contributed by atoms with Gasteiger partial charge in [0.2, 0.25) is 10.0 Å². The molecule has 28 heavy (non-hydrogen) atoms. The molecule has 0 spiro atoms. The van der Waals surface area contributed by atoms with Crippen molar-refractivity contribution in [3.05, 3.63) is 47.9 Å². The van der Waals surface area contributed by atoms with Crippen LogP contribution in [-0.4, -0.2) is 62.6 Å². The molecule has 154 valence electrons. The average molecular weight is 520 g/mol. The second-order valence-corrected chi connectivity index (χ2v) is 7.91. The van der Waals surface area contributed by atoms with Crippen LogP contribution >= 0.6 is 24.0 Å². The Morgan fingerprint density at radius 1 is 1.29 bits per heavy atom. The Morgan fingerprint density at radius 3 is 2.64 bits per heavy atom. The van der Waals surface area contributed by atoms with Gasteiger partial charge < -0.3 is 14.7 Å². The molecule has 1 saturated heterocycles. The summed E-state index contributed by atoms with van der Waals surface area (Å²) in [7, 11) is -1.96. The number of hydrogen-bond acceptors (Lipinski definition) is 6. The van der Waals surface area contributed by atoms with Gasteiger partial charge >= 0.3 is 0 Å². The lowest BCUT2D eigenvalue weighted by molar-refractivity contribution is 0.169. The molecular weight excluding hydrogens is 495 g/mol. The number of piperazine rings is 1.